The molecule has 0 radical (unpaired) electrons. The molecule has 0 aromatic rings. The number of nitrogens with two attached hydrogens (primary N) is 1. The molecule has 1 rings (SSSR count). The highest BCUT2D eigenvalue weighted by Crippen LogP contribution is 2.22. The third-order valence-corrected chi connectivity index (χ3v) is 2.19. The third-order valence-electron chi connectivity index (χ3n) is 2.19. The molecule has 0 amide bonds. The maximum atomic E-state index is 5.56. The lowest BCUT2D eigenvalue weighted by molar-refractivity contribution is 0.388. The van der Waals surface area contributed by atoms with E-state index in [2.05, 4.69) is 19.1 Å². The summed E-state index contributed by atoms with van der Waals surface area (Å²) in [5.74, 6) is 1.46. The molecule has 0 aromatic carbocycles. The second-order valence-electron chi connectivity index (χ2n) is 2.86. The molecule has 52 valence electrons. The summed E-state index contributed by atoms with van der Waals surface area (Å²) in [6.45, 7) is 3.10. The predicted molar refractivity (Wildman–Crippen MR) is 40.1 cm³/mol. The zero-order chi connectivity index (χ0) is 6.69. The summed E-state index contributed by atoms with van der Waals surface area (Å²) < 4.78 is 0. The first kappa shape index (κ1) is 6.81. The summed E-state index contributed by atoms with van der Waals surface area (Å²) in [6.07, 6.45) is 7.05. The molecule has 1 aliphatic rings. The maximum absolute atomic E-state index is 5.56. The molecule has 0 fully saturated rings. The van der Waals surface area contributed by atoms with Crippen LogP contribution < -0.4 is 5.73 Å². The fraction of sp³-hybridized carbons (Fsp3) is 0.750. The Kier molecular flexibility index (Phi) is 2.29. The summed E-state index contributed by atoms with van der Waals surface area (Å²) in [6, 6.07) is 0. The van der Waals surface area contributed by atoms with Crippen molar-refractivity contribution in [3.8, 4) is 0 Å². The van der Waals surface area contributed by atoms with E-state index < -0.39 is 0 Å². The van der Waals surface area contributed by atoms with Crippen LogP contribution in [0.4, 0.5) is 0 Å². The molecule has 1 nitrogen and oxygen atoms in total. The molecule has 0 heterocycles. The van der Waals surface area contributed by atoms with Crippen molar-refractivity contribution >= 4 is 0 Å². The number of rotatable bonds is 1. The Bertz CT molecular complexity index is 107. The van der Waals surface area contributed by atoms with Gasteiger partial charge in [-0.15, -0.1) is 0 Å². The lowest BCUT2D eigenvalue weighted by atomic mass is 9.85. The van der Waals surface area contributed by atoms with E-state index in [1.807, 2.05) is 0 Å². The first-order valence-corrected chi connectivity index (χ1v) is 3.71. The minimum atomic E-state index is 0.712. The largest absolute Gasteiger partial charge is 0.330 e. The Morgan fingerprint density at radius 2 is 2.44 bits per heavy atom. The molecule has 0 unspecified atom stereocenters. The molecule has 0 bridgehead atoms. The maximum Gasteiger partial charge on any atom is -0.00432 e. The van der Waals surface area contributed by atoms with E-state index in [-0.39, 0.29) is 0 Å². The molecule has 0 saturated carbocycles. The first-order chi connectivity index (χ1) is 4.34. The van der Waals surface area contributed by atoms with Crippen molar-refractivity contribution in [2.24, 2.45) is 17.6 Å². The van der Waals surface area contributed by atoms with Crippen LogP contribution >= 0.6 is 0 Å². The number of hydrogen-bond donors (Lipinski definition) is 1. The highest BCUT2D eigenvalue weighted by atomic mass is 14.6. The summed E-state index contributed by atoms with van der Waals surface area (Å²) in [5, 5.41) is 0. The van der Waals surface area contributed by atoms with Crippen LogP contribution in [0.15, 0.2) is 12.2 Å². The molecule has 2 N–H and O–H groups in total. The average Bonchev–Trinajstić information content (AvgIpc) is 1.89. The van der Waals surface area contributed by atoms with Crippen molar-refractivity contribution in [1.82, 2.24) is 0 Å². The Morgan fingerprint density at radius 1 is 1.67 bits per heavy atom. The monoisotopic (exact) mass is 125 g/mol. The molecule has 0 aliphatic heterocycles. The molecule has 0 aromatic heterocycles. The van der Waals surface area contributed by atoms with Crippen molar-refractivity contribution in [2.45, 2.75) is 19.8 Å². The van der Waals surface area contributed by atoms with Gasteiger partial charge in [-0.25, -0.2) is 0 Å². The van der Waals surface area contributed by atoms with Crippen molar-refractivity contribution in [3.05, 3.63) is 12.2 Å². The molecule has 0 spiro atoms. The smallest absolute Gasteiger partial charge is 0.00432 e. The molecule has 2 atom stereocenters. The van der Waals surface area contributed by atoms with Crippen molar-refractivity contribution in [3.63, 3.8) is 0 Å². The second-order valence-corrected chi connectivity index (χ2v) is 2.86. The summed E-state index contributed by atoms with van der Waals surface area (Å²) in [5.41, 5.74) is 5.56. The zero-order valence-electron chi connectivity index (χ0n) is 6.01. The lowest BCUT2D eigenvalue weighted by Crippen LogP contribution is -2.21. The van der Waals surface area contributed by atoms with Crippen LogP contribution in [0, 0.1) is 11.8 Å². The third kappa shape index (κ3) is 1.55. The van der Waals surface area contributed by atoms with Gasteiger partial charge in [0, 0.05) is 0 Å². The van der Waals surface area contributed by atoms with E-state index in [1.54, 1.807) is 0 Å². The Morgan fingerprint density at radius 3 is 2.89 bits per heavy atom. The minimum Gasteiger partial charge on any atom is -0.330 e. The fourth-order valence-corrected chi connectivity index (χ4v) is 1.37. The number of hydrogen-bond acceptors (Lipinski definition) is 1. The standard InChI is InChI=1S/C8H15N/c1-7-4-2-3-5-8(7)6-9/h2,4,7-8H,3,5-6,9H2,1H3/t7-,8-/m0/s1. The van der Waals surface area contributed by atoms with E-state index in [9.17, 15) is 0 Å². The van der Waals surface area contributed by atoms with Crippen LogP contribution in [0.1, 0.15) is 19.8 Å². The topological polar surface area (TPSA) is 26.0 Å². The van der Waals surface area contributed by atoms with E-state index in [4.69, 9.17) is 5.73 Å². The molecule has 9 heavy (non-hydrogen) atoms. The van der Waals surface area contributed by atoms with Gasteiger partial charge in [0.15, 0.2) is 0 Å². The molecular formula is C8H15N. The van der Waals surface area contributed by atoms with Gasteiger partial charge in [0.05, 0.1) is 0 Å². The van der Waals surface area contributed by atoms with E-state index in [0.717, 1.165) is 12.5 Å². The summed E-state index contributed by atoms with van der Waals surface area (Å²) in [7, 11) is 0. The van der Waals surface area contributed by atoms with Crippen LogP contribution in [0.3, 0.4) is 0 Å². The van der Waals surface area contributed by atoms with Crippen molar-refractivity contribution in [1.29, 1.82) is 0 Å². The van der Waals surface area contributed by atoms with Crippen LogP contribution in [0.2, 0.25) is 0 Å². The zero-order valence-corrected chi connectivity index (χ0v) is 6.01. The SMILES string of the molecule is C[C@H]1C=CCC[C@H]1CN. The van der Waals surface area contributed by atoms with E-state index in [0.29, 0.717) is 5.92 Å². The van der Waals surface area contributed by atoms with E-state index in [1.165, 1.54) is 12.8 Å². The van der Waals surface area contributed by atoms with Gasteiger partial charge >= 0.3 is 0 Å². The second kappa shape index (κ2) is 3.02. The quantitative estimate of drug-likeness (QED) is 0.529. The van der Waals surface area contributed by atoms with Gasteiger partial charge in [0.25, 0.3) is 0 Å². The van der Waals surface area contributed by atoms with E-state index >= 15 is 0 Å². The molecular weight excluding hydrogens is 110 g/mol. The molecule has 0 saturated heterocycles. The lowest BCUT2D eigenvalue weighted by Gasteiger charge is -2.22. The molecule has 1 heteroatoms. The van der Waals surface area contributed by atoms with Gasteiger partial charge in [0.1, 0.15) is 0 Å². The van der Waals surface area contributed by atoms with Gasteiger partial charge in [-0.05, 0) is 31.2 Å². The Labute approximate surface area is 56.9 Å². The first-order valence-electron chi connectivity index (χ1n) is 3.71. The van der Waals surface area contributed by atoms with Crippen LogP contribution in [0.5, 0.6) is 0 Å². The van der Waals surface area contributed by atoms with Gasteiger partial charge < -0.3 is 5.73 Å². The van der Waals surface area contributed by atoms with Gasteiger partial charge in [-0.3, -0.25) is 0 Å². The average molecular weight is 125 g/mol. The summed E-state index contributed by atoms with van der Waals surface area (Å²) >= 11 is 0. The van der Waals surface area contributed by atoms with Crippen LogP contribution in [-0.4, -0.2) is 6.54 Å². The predicted octanol–water partition coefficient (Wildman–Crippen LogP) is 1.55. The van der Waals surface area contributed by atoms with Crippen molar-refractivity contribution in [2.75, 3.05) is 6.54 Å². The highest BCUT2D eigenvalue weighted by Gasteiger charge is 2.14. The highest BCUT2D eigenvalue weighted by molar-refractivity contribution is 4.95. The Hall–Kier alpha value is -0.300. The Balaban J connectivity index is 2.44. The van der Waals surface area contributed by atoms with Crippen molar-refractivity contribution < 1.29 is 0 Å². The van der Waals surface area contributed by atoms with Gasteiger partial charge in [-0.2, -0.15) is 0 Å². The number of allylic oxidation sites excluding steroid dienone is 2. The normalized spacial score (nSPS) is 34.9. The van der Waals surface area contributed by atoms with Gasteiger partial charge in [0.2, 0.25) is 0 Å². The minimum absolute atomic E-state index is 0.712. The van der Waals surface area contributed by atoms with Crippen LogP contribution in [-0.2, 0) is 0 Å². The summed E-state index contributed by atoms with van der Waals surface area (Å²) in [4.78, 5) is 0. The molecule has 1 aliphatic carbocycles. The fourth-order valence-electron chi connectivity index (χ4n) is 1.37. The van der Waals surface area contributed by atoms with Crippen LogP contribution in [0.25, 0.3) is 0 Å². The van der Waals surface area contributed by atoms with Gasteiger partial charge in [-0.1, -0.05) is 19.1 Å².